The zero-order valence-electron chi connectivity index (χ0n) is 13.9. The molecule has 0 unspecified atom stereocenters. The average molecular weight is 361 g/mol. The van der Waals surface area contributed by atoms with Gasteiger partial charge in [0.05, 0.1) is 5.56 Å². The molecule has 5 nitrogen and oxygen atoms in total. The minimum absolute atomic E-state index is 0.0162. The quantitative estimate of drug-likeness (QED) is 0.880. The predicted molar refractivity (Wildman–Crippen MR) is 96.3 cm³/mol. The Morgan fingerprint density at radius 2 is 2.00 bits per heavy atom. The number of carbonyl (C=O) groups is 2. The molecule has 2 aromatic rings. The van der Waals surface area contributed by atoms with E-state index in [9.17, 15) is 14.0 Å². The Morgan fingerprint density at radius 3 is 2.60 bits per heavy atom. The summed E-state index contributed by atoms with van der Waals surface area (Å²) in [6, 6.07) is 7.87. The lowest BCUT2D eigenvalue weighted by atomic mass is 9.85. The zero-order valence-corrected chi connectivity index (χ0v) is 14.7. The van der Waals surface area contributed by atoms with Gasteiger partial charge in [-0.05, 0) is 42.5 Å². The highest BCUT2D eigenvalue weighted by Gasteiger charge is 2.42. The van der Waals surface area contributed by atoms with E-state index in [2.05, 4.69) is 10.6 Å². The molecule has 25 heavy (non-hydrogen) atoms. The molecule has 0 spiro atoms. The maximum atomic E-state index is 13.5. The van der Waals surface area contributed by atoms with Crippen molar-refractivity contribution in [2.45, 2.75) is 18.4 Å². The van der Waals surface area contributed by atoms with Crippen LogP contribution in [-0.4, -0.2) is 42.4 Å². The smallest absolute Gasteiger partial charge is 0.254 e. The minimum atomic E-state index is -0.853. The molecule has 7 heteroatoms. The summed E-state index contributed by atoms with van der Waals surface area (Å²) in [5.74, 6) is -0.529. The van der Waals surface area contributed by atoms with Gasteiger partial charge in [0.2, 0.25) is 5.91 Å². The number of rotatable bonds is 4. The molecule has 2 heterocycles. The van der Waals surface area contributed by atoms with Crippen molar-refractivity contribution in [3.63, 3.8) is 0 Å². The van der Waals surface area contributed by atoms with Gasteiger partial charge in [-0.2, -0.15) is 11.3 Å². The number of hydrogen-bond donors (Lipinski definition) is 2. The number of amides is 2. The Bertz CT molecular complexity index is 755. The van der Waals surface area contributed by atoms with Crippen molar-refractivity contribution in [3.05, 3.63) is 52.5 Å². The lowest BCUT2D eigenvalue weighted by Gasteiger charge is -2.41. The van der Waals surface area contributed by atoms with Crippen molar-refractivity contribution in [2.75, 3.05) is 25.5 Å². The van der Waals surface area contributed by atoms with Gasteiger partial charge < -0.3 is 15.5 Å². The fraction of sp³-hybridized carbons (Fsp3) is 0.333. The van der Waals surface area contributed by atoms with Gasteiger partial charge in [0.1, 0.15) is 11.4 Å². The van der Waals surface area contributed by atoms with Crippen molar-refractivity contribution in [2.24, 2.45) is 0 Å². The largest absolute Gasteiger partial charge is 0.371 e. The Morgan fingerprint density at radius 1 is 1.24 bits per heavy atom. The van der Waals surface area contributed by atoms with E-state index in [-0.39, 0.29) is 17.6 Å². The van der Waals surface area contributed by atoms with Crippen molar-refractivity contribution >= 4 is 28.8 Å². The van der Waals surface area contributed by atoms with Crippen molar-refractivity contribution < 1.29 is 14.0 Å². The van der Waals surface area contributed by atoms with Gasteiger partial charge >= 0.3 is 0 Å². The highest BCUT2D eigenvalue weighted by molar-refractivity contribution is 7.08. The normalized spacial score (nSPS) is 16.3. The molecule has 0 saturated carbocycles. The molecule has 2 amide bonds. The first-order chi connectivity index (χ1) is 12.0. The molecule has 1 aromatic heterocycles. The van der Waals surface area contributed by atoms with Crippen LogP contribution in [0.5, 0.6) is 0 Å². The zero-order chi connectivity index (χ0) is 17.9. The maximum Gasteiger partial charge on any atom is 0.254 e. The molecule has 0 atom stereocenters. The third-order valence-electron chi connectivity index (χ3n) is 4.54. The lowest BCUT2D eigenvalue weighted by molar-refractivity contribution is -0.126. The first-order valence-corrected chi connectivity index (χ1v) is 9.06. The number of carbonyl (C=O) groups excluding carboxylic acids is 2. The summed E-state index contributed by atoms with van der Waals surface area (Å²) in [4.78, 5) is 26.8. The van der Waals surface area contributed by atoms with Crippen LogP contribution < -0.4 is 10.6 Å². The highest BCUT2D eigenvalue weighted by Crippen LogP contribution is 2.29. The van der Waals surface area contributed by atoms with Crippen LogP contribution in [0.25, 0.3) is 0 Å². The summed E-state index contributed by atoms with van der Waals surface area (Å²) in [5, 5.41) is 9.58. The molecule has 1 saturated heterocycles. The summed E-state index contributed by atoms with van der Waals surface area (Å²) >= 11 is 1.48. The number of nitrogens with zero attached hydrogens (tertiary/aromatic N) is 1. The van der Waals surface area contributed by atoms with Gasteiger partial charge in [-0.15, -0.1) is 0 Å². The summed E-state index contributed by atoms with van der Waals surface area (Å²) in [6.45, 7) is 0.925. The number of piperidine rings is 1. The summed E-state index contributed by atoms with van der Waals surface area (Å²) in [7, 11) is 1.58. The van der Waals surface area contributed by atoms with E-state index < -0.39 is 5.54 Å². The first-order valence-electron chi connectivity index (χ1n) is 8.11. The van der Waals surface area contributed by atoms with Gasteiger partial charge in [0.25, 0.3) is 5.91 Å². The molecule has 1 aliphatic heterocycles. The molecule has 1 aromatic carbocycles. The number of nitrogens with one attached hydrogen (secondary N) is 2. The second-order valence-electron chi connectivity index (χ2n) is 6.10. The van der Waals surface area contributed by atoms with E-state index in [0.717, 1.165) is 0 Å². The summed E-state index contributed by atoms with van der Waals surface area (Å²) < 4.78 is 13.5. The van der Waals surface area contributed by atoms with Crippen LogP contribution in [0.2, 0.25) is 0 Å². The predicted octanol–water partition coefficient (Wildman–Crippen LogP) is 2.72. The maximum absolute atomic E-state index is 13.5. The Balaban J connectivity index is 1.75. The van der Waals surface area contributed by atoms with Gasteiger partial charge in [-0.3, -0.25) is 9.59 Å². The third kappa shape index (κ3) is 3.66. The van der Waals surface area contributed by atoms with Crippen molar-refractivity contribution in [1.82, 2.24) is 10.2 Å². The van der Waals surface area contributed by atoms with Gasteiger partial charge in [-0.1, -0.05) is 6.07 Å². The first kappa shape index (κ1) is 17.4. The molecule has 1 fully saturated rings. The molecular weight excluding hydrogens is 341 g/mol. The Kier molecular flexibility index (Phi) is 5.03. The van der Waals surface area contributed by atoms with Crippen LogP contribution in [-0.2, 0) is 4.79 Å². The Labute approximate surface area is 149 Å². The van der Waals surface area contributed by atoms with Gasteiger partial charge in [0.15, 0.2) is 0 Å². The monoisotopic (exact) mass is 361 g/mol. The number of likely N-dealkylation sites (tertiary alicyclic amines) is 1. The van der Waals surface area contributed by atoms with E-state index in [0.29, 0.717) is 37.2 Å². The topological polar surface area (TPSA) is 61.4 Å². The molecule has 2 N–H and O–H groups in total. The standard InChI is InChI=1S/C18H20FN3O2S/c1-20-17(24)18(21-15-4-2-3-14(19)11-15)6-8-22(9-7-18)16(23)13-5-10-25-12-13/h2-5,10-12,21H,6-9H2,1H3,(H,20,24). The van der Waals surface area contributed by atoms with E-state index in [4.69, 9.17) is 0 Å². The van der Waals surface area contributed by atoms with Crippen molar-refractivity contribution in [1.29, 1.82) is 0 Å². The Hall–Kier alpha value is -2.41. The summed E-state index contributed by atoms with van der Waals surface area (Å²) in [6.07, 6.45) is 0.915. The minimum Gasteiger partial charge on any atom is -0.371 e. The van der Waals surface area contributed by atoms with Gasteiger partial charge in [0, 0.05) is 31.2 Å². The number of hydrogen-bond acceptors (Lipinski definition) is 4. The number of likely N-dealkylation sites (N-methyl/N-ethyl adjacent to an activating group) is 1. The number of anilines is 1. The number of benzene rings is 1. The highest BCUT2D eigenvalue weighted by atomic mass is 32.1. The molecule has 0 bridgehead atoms. The molecular formula is C18H20FN3O2S. The van der Waals surface area contributed by atoms with Crippen molar-refractivity contribution in [3.8, 4) is 0 Å². The van der Waals surface area contributed by atoms with Gasteiger partial charge in [-0.25, -0.2) is 4.39 Å². The van der Waals surface area contributed by atoms with E-state index in [1.165, 1.54) is 23.5 Å². The molecule has 132 valence electrons. The molecule has 3 rings (SSSR count). The van der Waals surface area contributed by atoms with E-state index in [1.807, 2.05) is 10.8 Å². The average Bonchev–Trinajstić information content (AvgIpc) is 3.15. The van der Waals surface area contributed by atoms with Crippen LogP contribution in [0, 0.1) is 5.82 Å². The van der Waals surface area contributed by atoms with E-state index >= 15 is 0 Å². The molecule has 0 aliphatic carbocycles. The summed E-state index contributed by atoms with van der Waals surface area (Å²) in [5.41, 5.74) is 0.380. The molecule has 1 aliphatic rings. The van der Waals surface area contributed by atoms with E-state index in [1.54, 1.807) is 30.1 Å². The molecule has 0 radical (unpaired) electrons. The SMILES string of the molecule is CNC(=O)C1(Nc2cccc(F)c2)CCN(C(=O)c2ccsc2)CC1. The van der Waals surface area contributed by atoms with Crippen LogP contribution >= 0.6 is 11.3 Å². The van der Waals surface area contributed by atoms with Crippen LogP contribution in [0.15, 0.2) is 41.1 Å². The van der Waals surface area contributed by atoms with Crippen LogP contribution in [0.1, 0.15) is 23.2 Å². The second kappa shape index (κ2) is 7.23. The number of halogens is 1. The van der Waals surface area contributed by atoms with Crippen LogP contribution in [0.4, 0.5) is 10.1 Å². The fourth-order valence-electron chi connectivity index (χ4n) is 3.15. The van der Waals surface area contributed by atoms with Crippen LogP contribution in [0.3, 0.4) is 0 Å². The lowest BCUT2D eigenvalue weighted by Crippen LogP contribution is -2.58. The second-order valence-corrected chi connectivity index (χ2v) is 6.88. The third-order valence-corrected chi connectivity index (χ3v) is 5.23. The number of thiophene rings is 1. The fourth-order valence-corrected chi connectivity index (χ4v) is 3.78.